The third-order valence-corrected chi connectivity index (χ3v) is 5.34. The van der Waals surface area contributed by atoms with Gasteiger partial charge in [-0.3, -0.25) is 0 Å². The van der Waals surface area contributed by atoms with Gasteiger partial charge < -0.3 is 9.84 Å². The first-order valence-corrected chi connectivity index (χ1v) is 8.76. The molecule has 0 aliphatic rings. The zero-order valence-corrected chi connectivity index (χ0v) is 17.2. The van der Waals surface area contributed by atoms with Crippen LogP contribution < -0.4 is 0 Å². The topological polar surface area (TPSA) is 63.6 Å². The van der Waals surface area contributed by atoms with Gasteiger partial charge in [-0.1, -0.05) is 12.1 Å². The molecule has 6 heteroatoms. The van der Waals surface area contributed by atoms with E-state index in [-0.39, 0.29) is 5.97 Å². The summed E-state index contributed by atoms with van der Waals surface area (Å²) in [4.78, 5) is 21.5. The van der Waals surface area contributed by atoms with Crippen LogP contribution in [0, 0.1) is 21.0 Å². The highest BCUT2D eigenvalue weighted by Gasteiger charge is 2.05. The van der Waals surface area contributed by atoms with Crippen LogP contribution in [0.1, 0.15) is 31.8 Å². The van der Waals surface area contributed by atoms with E-state index in [9.17, 15) is 9.59 Å². The van der Waals surface area contributed by atoms with Crippen LogP contribution in [0.3, 0.4) is 0 Å². The number of rotatable bonds is 2. The van der Waals surface area contributed by atoms with Crippen molar-refractivity contribution in [2.24, 2.45) is 0 Å². The van der Waals surface area contributed by atoms with Gasteiger partial charge in [0.15, 0.2) is 0 Å². The monoisotopic (exact) mass is 538 g/mol. The summed E-state index contributed by atoms with van der Waals surface area (Å²) in [5.41, 5.74) is 3.23. The van der Waals surface area contributed by atoms with Crippen molar-refractivity contribution in [3.8, 4) is 0 Å². The van der Waals surface area contributed by atoms with Gasteiger partial charge >= 0.3 is 11.9 Å². The summed E-state index contributed by atoms with van der Waals surface area (Å²) in [5.74, 6) is -1.16. The number of carbonyl (C=O) groups is 2. The van der Waals surface area contributed by atoms with Crippen molar-refractivity contribution in [3.63, 3.8) is 0 Å². The number of esters is 1. The molecule has 0 fully saturated rings. The molecule has 0 saturated carbocycles. The molecule has 0 saturated heterocycles. The second kappa shape index (κ2) is 9.21. The van der Waals surface area contributed by atoms with Crippen LogP contribution in [0.5, 0.6) is 0 Å². The Morgan fingerprint density at radius 3 is 1.74 bits per heavy atom. The average Bonchev–Trinajstić information content (AvgIpc) is 2.52. The molecule has 23 heavy (non-hydrogen) atoms. The van der Waals surface area contributed by atoms with E-state index in [1.54, 1.807) is 18.2 Å². The molecular formula is C17H16I2O4. The van der Waals surface area contributed by atoms with Crippen molar-refractivity contribution in [2.45, 2.75) is 13.8 Å². The molecule has 0 aliphatic heterocycles. The Labute approximate surface area is 162 Å². The maximum Gasteiger partial charge on any atom is 0.337 e. The minimum absolute atomic E-state index is 0.284. The van der Waals surface area contributed by atoms with E-state index in [2.05, 4.69) is 49.9 Å². The summed E-state index contributed by atoms with van der Waals surface area (Å²) in [5, 5.41) is 8.60. The fourth-order valence-corrected chi connectivity index (χ4v) is 2.59. The molecule has 0 spiro atoms. The standard InChI is InChI=1S/C9H9IO2.C8H7IO2/c1-6-3-4-7(5-8(6)10)9(11)12-2;1-5-2-3-6(8(10)11)4-7(5)9/h3-5H,1-2H3;2-4H,1H3,(H,10,11). The number of hydrogen-bond donors (Lipinski definition) is 1. The first kappa shape index (κ1) is 19.9. The Bertz CT molecular complexity index is 727. The van der Waals surface area contributed by atoms with Crippen LogP contribution in [-0.2, 0) is 4.74 Å². The molecule has 0 radical (unpaired) electrons. The average molecular weight is 538 g/mol. The van der Waals surface area contributed by atoms with E-state index in [1.165, 1.54) is 12.7 Å². The second-order valence-corrected chi connectivity index (χ2v) is 7.05. The molecule has 1 N–H and O–H groups in total. The Morgan fingerprint density at radius 1 is 0.913 bits per heavy atom. The van der Waals surface area contributed by atoms with Crippen molar-refractivity contribution in [3.05, 3.63) is 65.8 Å². The highest BCUT2D eigenvalue weighted by molar-refractivity contribution is 14.1. The fourth-order valence-electron chi connectivity index (χ4n) is 1.56. The van der Waals surface area contributed by atoms with Crippen molar-refractivity contribution >= 4 is 57.1 Å². The van der Waals surface area contributed by atoms with Crippen molar-refractivity contribution in [1.29, 1.82) is 0 Å². The van der Waals surface area contributed by atoms with Crippen LogP contribution in [-0.4, -0.2) is 24.2 Å². The number of carboxylic acids is 1. The van der Waals surface area contributed by atoms with Gasteiger partial charge in [0, 0.05) is 7.14 Å². The van der Waals surface area contributed by atoms with Gasteiger partial charge in [-0.25, -0.2) is 9.59 Å². The lowest BCUT2D eigenvalue weighted by Gasteiger charge is -2.01. The third-order valence-electron chi connectivity index (χ3n) is 3.01. The van der Waals surface area contributed by atoms with Gasteiger partial charge in [-0.05, 0) is 94.4 Å². The fraction of sp³-hybridized carbons (Fsp3) is 0.176. The highest BCUT2D eigenvalue weighted by atomic mass is 127. The van der Waals surface area contributed by atoms with Gasteiger partial charge in [0.1, 0.15) is 0 Å². The SMILES string of the molecule is COC(=O)c1ccc(C)c(I)c1.Cc1ccc(C(=O)O)cc1I. The van der Waals surface area contributed by atoms with E-state index in [4.69, 9.17) is 5.11 Å². The molecule has 0 amide bonds. The van der Waals surface area contributed by atoms with Crippen LogP contribution in [0.2, 0.25) is 0 Å². The highest BCUT2D eigenvalue weighted by Crippen LogP contribution is 2.14. The van der Waals surface area contributed by atoms with Crippen molar-refractivity contribution in [1.82, 2.24) is 0 Å². The number of benzene rings is 2. The molecule has 0 unspecified atom stereocenters. The zero-order valence-electron chi connectivity index (χ0n) is 12.9. The number of aromatic carboxylic acids is 1. The zero-order chi connectivity index (χ0) is 17.6. The van der Waals surface area contributed by atoms with Crippen molar-refractivity contribution < 1.29 is 19.4 Å². The number of carboxylic acid groups (broad SMARTS) is 1. The predicted octanol–water partition coefficient (Wildman–Crippen LogP) is 4.68. The Hall–Kier alpha value is -1.16. The summed E-state index contributed by atoms with van der Waals surface area (Å²) in [6.07, 6.45) is 0. The number of halogens is 2. The molecule has 0 aliphatic carbocycles. The molecular weight excluding hydrogens is 522 g/mol. The van der Waals surface area contributed by atoms with Gasteiger partial charge in [-0.15, -0.1) is 0 Å². The minimum Gasteiger partial charge on any atom is -0.478 e. The Morgan fingerprint density at radius 2 is 1.35 bits per heavy atom. The molecule has 4 nitrogen and oxygen atoms in total. The quantitative estimate of drug-likeness (QED) is 0.446. The van der Waals surface area contributed by atoms with E-state index in [1.807, 2.05) is 32.0 Å². The van der Waals surface area contributed by atoms with E-state index in [0.717, 1.165) is 12.7 Å². The molecule has 2 aromatic rings. The van der Waals surface area contributed by atoms with Gasteiger partial charge in [0.05, 0.1) is 18.2 Å². The number of aryl methyl sites for hydroxylation is 2. The molecule has 0 atom stereocenters. The van der Waals surface area contributed by atoms with Crippen LogP contribution in [0.4, 0.5) is 0 Å². The Kier molecular flexibility index (Phi) is 7.97. The first-order chi connectivity index (χ1) is 10.8. The maximum atomic E-state index is 11.1. The van der Waals surface area contributed by atoms with Crippen LogP contribution in [0.25, 0.3) is 0 Å². The Balaban J connectivity index is 0.000000231. The van der Waals surface area contributed by atoms with E-state index < -0.39 is 5.97 Å². The van der Waals surface area contributed by atoms with E-state index in [0.29, 0.717) is 11.1 Å². The van der Waals surface area contributed by atoms with E-state index >= 15 is 0 Å². The second-order valence-electron chi connectivity index (χ2n) is 4.72. The minimum atomic E-state index is -0.872. The summed E-state index contributed by atoms with van der Waals surface area (Å²) >= 11 is 4.31. The lowest BCUT2D eigenvalue weighted by molar-refractivity contribution is 0.0599. The van der Waals surface area contributed by atoms with Crippen molar-refractivity contribution in [2.75, 3.05) is 7.11 Å². The summed E-state index contributed by atoms with van der Waals surface area (Å²) in [6.45, 7) is 3.95. The summed E-state index contributed by atoms with van der Waals surface area (Å²) in [7, 11) is 1.38. The normalized spacial score (nSPS) is 9.61. The molecule has 0 aromatic heterocycles. The molecule has 0 bridgehead atoms. The summed E-state index contributed by atoms with van der Waals surface area (Å²) < 4.78 is 6.66. The number of ether oxygens (including phenoxy) is 1. The number of methoxy groups -OCH3 is 1. The lowest BCUT2D eigenvalue weighted by atomic mass is 10.1. The van der Waals surface area contributed by atoms with Crippen LogP contribution in [0.15, 0.2) is 36.4 Å². The number of hydrogen-bond acceptors (Lipinski definition) is 3. The molecule has 2 aromatic carbocycles. The molecule has 0 heterocycles. The molecule has 122 valence electrons. The van der Waals surface area contributed by atoms with Gasteiger partial charge in [-0.2, -0.15) is 0 Å². The number of carbonyl (C=O) groups excluding carboxylic acids is 1. The first-order valence-electron chi connectivity index (χ1n) is 6.60. The summed E-state index contributed by atoms with van der Waals surface area (Å²) in [6, 6.07) is 10.6. The third kappa shape index (κ3) is 6.09. The van der Waals surface area contributed by atoms with Gasteiger partial charge in [0.2, 0.25) is 0 Å². The maximum absolute atomic E-state index is 11.1. The largest absolute Gasteiger partial charge is 0.478 e. The predicted molar refractivity (Wildman–Crippen MR) is 106 cm³/mol. The smallest absolute Gasteiger partial charge is 0.337 e. The lowest BCUT2D eigenvalue weighted by Crippen LogP contribution is -2.01. The molecule has 2 rings (SSSR count). The van der Waals surface area contributed by atoms with Gasteiger partial charge in [0.25, 0.3) is 0 Å². The van der Waals surface area contributed by atoms with Crippen LogP contribution >= 0.6 is 45.2 Å².